The molecule has 1 atom stereocenters. The highest BCUT2D eigenvalue weighted by Crippen LogP contribution is 2.17. The van der Waals surface area contributed by atoms with Crippen molar-refractivity contribution in [2.45, 2.75) is 25.5 Å². The van der Waals surface area contributed by atoms with E-state index in [4.69, 9.17) is 14.9 Å². The first-order valence-corrected chi connectivity index (χ1v) is 6.93. The second-order valence-electron chi connectivity index (χ2n) is 5.01. The zero-order chi connectivity index (χ0) is 13.8. The normalized spacial score (nSPS) is 19.6. The van der Waals surface area contributed by atoms with Crippen LogP contribution in [-0.2, 0) is 11.3 Å². The van der Waals surface area contributed by atoms with Crippen LogP contribution >= 0.6 is 0 Å². The van der Waals surface area contributed by atoms with E-state index in [1.54, 1.807) is 6.26 Å². The lowest BCUT2D eigenvalue weighted by atomic mass is 10.2. The van der Waals surface area contributed by atoms with Crippen LogP contribution in [-0.4, -0.2) is 25.2 Å². The van der Waals surface area contributed by atoms with Gasteiger partial charge in [0.05, 0.1) is 18.9 Å². The number of nitrogens with two attached hydrogens (primary N) is 1. The Morgan fingerprint density at radius 2 is 2.35 bits per heavy atom. The van der Waals surface area contributed by atoms with Gasteiger partial charge in [0.2, 0.25) is 0 Å². The molecule has 1 aromatic carbocycles. The Bertz CT molecular complexity index is 600. The fraction of sp³-hybridized carbons (Fsp3) is 0.400. The number of rotatable bonds is 4. The van der Waals surface area contributed by atoms with Crippen molar-refractivity contribution in [1.82, 2.24) is 5.32 Å². The molecule has 5 nitrogen and oxygen atoms in total. The number of fused-ring (bicyclic) bond motifs is 1. The van der Waals surface area contributed by atoms with E-state index in [2.05, 4.69) is 10.3 Å². The maximum absolute atomic E-state index is 5.85. The van der Waals surface area contributed by atoms with Crippen LogP contribution in [0.4, 0.5) is 0 Å². The largest absolute Gasteiger partial charge is 0.464 e. The van der Waals surface area contributed by atoms with Gasteiger partial charge in [-0.05, 0) is 30.5 Å². The molecular formula is C15H19N3O2. The number of ether oxygens (including phenoxy) is 1. The van der Waals surface area contributed by atoms with Crippen LogP contribution in [0.15, 0.2) is 39.9 Å². The summed E-state index contributed by atoms with van der Waals surface area (Å²) < 4.78 is 10.9. The van der Waals surface area contributed by atoms with E-state index in [0.29, 0.717) is 12.5 Å². The van der Waals surface area contributed by atoms with Gasteiger partial charge in [-0.15, -0.1) is 0 Å². The third-order valence-electron chi connectivity index (χ3n) is 3.49. The molecule has 5 heteroatoms. The Kier molecular flexibility index (Phi) is 3.87. The minimum absolute atomic E-state index is 0.267. The molecule has 1 fully saturated rings. The van der Waals surface area contributed by atoms with Gasteiger partial charge in [-0.2, -0.15) is 0 Å². The van der Waals surface area contributed by atoms with Crippen LogP contribution in [0, 0.1) is 0 Å². The van der Waals surface area contributed by atoms with Gasteiger partial charge in [0.1, 0.15) is 5.58 Å². The smallest absolute Gasteiger partial charge is 0.189 e. The number of furan rings is 1. The zero-order valence-electron chi connectivity index (χ0n) is 11.3. The fourth-order valence-electron chi connectivity index (χ4n) is 2.35. The average Bonchev–Trinajstić information content (AvgIpc) is 3.13. The molecule has 1 aliphatic rings. The Labute approximate surface area is 117 Å². The molecule has 2 heterocycles. The Hall–Kier alpha value is -2.01. The van der Waals surface area contributed by atoms with Crippen molar-refractivity contribution < 1.29 is 9.15 Å². The third kappa shape index (κ3) is 3.11. The van der Waals surface area contributed by atoms with E-state index in [1.807, 2.05) is 24.3 Å². The van der Waals surface area contributed by atoms with E-state index >= 15 is 0 Å². The summed E-state index contributed by atoms with van der Waals surface area (Å²) in [6, 6.07) is 8.00. The van der Waals surface area contributed by atoms with E-state index < -0.39 is 0 Å². The minimum Gasteiger partial charge on any atom is -0.464 e. The van der Waals surface area contributed by atoms with Crippen molar-refractivity contribution in [3.8, 4) is 0 Å². The second kappa shape index (κ2) is 5.96. The molecule has 0 spiro atoms. The second-order valence-corrected chi connectivity index (χ2v) is 5.01. The SMILES string of the molecule is NC(=NCc1ccc2ccoc2c1)NC[C@H]1CCCO1. The standard InChI is InChI=1S/C15H19N3O2/c16-15(18-10-13-2-1-6-19-13)17-9-11-3-4-12-5-7-20-14(12)8-11/h3-5,7-8,13H,1-2,6,9-10H2,(H3,16,17,18)/t13-/m1/s1. The molecular weight excluding hydrogens is 254 g/mol. The molecule has 1 saturated heterocycles. The van der Waals surface area contributed by atoms with E-state index in [9.17, 15) is 0 Å². The molecule has 1 aliphatic heterocycles. The molecule has 3 N–H and O–H groups in total. The highest BCUT2D eigenvalue weighted by atomic mass is 16.5. The van der Waals surface area contributed by atoms with Gasteiger partial charge in [0.15, 0.2) is 5.96 Å². The predicted octanol–water partition coefficient (Wildman–Crippen LogP) is 2.02. The molecule has 106 valence electrons. The number of nitrogens with zero attached hydrogens (tertiary/aromatic N) is 1. The van der Waals surface area contributed by atoms with Crippen LogP contribution in [0.25, 0.3) is 11.0 Å². The summed E-state index contributed by atoms with van der Waals surface area (Å²) in [5.74, 6) is 0.458. The zero-order valence-corrected chi connectivity index (χ0v) is 11.3. The van der Waals surface area contributed by atoms with Gasteiger partial charge in [0.25, 0.3) is 0 Å². The lowest BCUT2D eigenvalue weighted by Crippen LogP contribution is -2.37. The molecule has 0 radical (unpaired) electrons. The van der Waals surface area contributed by atoms with Gasteiger partial charge < -0.3 is 20.2 Å². The van der Waals surface area contributed by atoms with E-state index in [-0.39, 0.29) is 6.10 Å². The van der Waals surface area contributed by atoms with Crippen LogP contribution in [0.5, 0.6) is 0 Å². The molecule has 0 saturated carbocycles. The van der Waals surface area contributed by atoms with Crippen molar-refractivity contribution in [2.24, 2.45) is 10.7 Å². The Morgan fingerprint density at radius 3 is 3.20 bits per heavy atom. The monoisotopic (exact) mass is 273 g/mol. The number of guanidine groups is 1. The van der Waals surface area contributed by atoms with Crippen LogP contribution in [0.3, 0.4) is 0 Å². The van der Waals surface area contributed by atoms with Gasteiger partial charge in [0, 0.05) is 18.5 Å². The summed E-state index contributed by atoms with van der Waals surface area (Å²) in [5, 5.41) is 4.21. The number of nitrogens with one attached hydrogen (secondary N) is 1. The van der Waals surface area contributed by atoms with E-state index in [0.717, 1.165) is 42.5 Å². The molecule has 0 aliphatic carbocycles. The Morgan fingerprint density at radius 1 is 1.40 bits per heavy atom. The fourth-order valence-corrected chi connectivity index (χ4v) is 2.35. The lowest BCUT2D eigenvalue weighted by Gasteiger charge is -2.11. The summed E-state index contributed by atoms with van der Waals surface area (Å²) >= 11 is 0. The third-order valence-corrected chi connectivity index (χ3v) is 3.49. The van der Waals surface area contributed by atoms with Crippen LogP contribution in [0.1, 0.15) is 18.4 Å². The van der Waals surface area contributed by atoms with Crippen LogP contribution < -0.4 is 11.1 Å². The van der Waals surface area contributed by atoms with Crippen LogP contribution in [0.2, 0.25) is 0 Å². The van der Waals surface area contributed by atoms with Crippen molar-refractivity contribution in [2.75, 3.05) is 13.2 Å². The number of benzene rings is 1. The van der Waals surface area contributed by atoms with Gasteiger partial charge >= 0.3 is 0 Å². The first-order valence-electron chi connectivity index (χ1n) is 6.93. The molecule has 0 unspecified atom stereocenters. The highest BCUT2D eigenvalue weighted by molar-refractivity contribution is 5.79. The summed E-state index contributed by atoms with van der Waals surface area (Å²) in [6.45, 7) is 2.13. The first kappa shape index (κ1) is 13.0. The maximum atomic E-state index is 5.85. The Balaban J connectivity index is 1.54. The van der Waals surface area contributed by atoms with Crippen molar-refractivity contribution in [3.63, 3.8) is 0 Å². The van der Waals surface area contributed by atoms with E-state index in [1.165, 1.54) is 0 Å². The molecule has 2 aromatic rings. The van der Waals surface area contributed by atoms with Gasteiger partial charge in [-0.25, -0.2) is 4.99 Å². The van der Waals surface area contributed by atoms with Crippen molar-refractivity contribution in [3.05, 3.63) is 36.1 Å². The van der Waals surface area contributed by atoms with Gasteiger partial charge in [-0.1, -0.05) is 12.1 Å². The predicted molar refractivity (Wildman–Crippen MR) is 78.5 cm³/mol. The molecule has 0 bridgehead atoms. The average molecular weight is 273 g/mol. The summed E-state index contributed by atoms with van der Waals surface area (Å²) in [4.78, 5) is 4.33. The quantitative estimate of drug-likeness (QED) is 0.660. The molecule has 3 rings (SSSR count). The first-order chi connectivity index (χ1) is 9.81. The molecule has 1 aromatic heterocycles. The minimum atomic E-state index is 0.267. The van der Waals surface area contributed by atoms with Crippen molar-refractivity contribution >= 4 is 16.9 Å². The summed E-state index contributed by atoms with van der Waals surface area (Å²) in [6.07, 6.45) is 4.18. The topological polar surface area (TPSA) is 72.8 Å². The highest BCUT2D eigenvalue weighted by Gasteiger charge is 2.14. The summed E-state index contributed by atoms with van der Waals surface area (Å²) in [5.41, 5.74) is 7.81. The summed E-state index contributed by atoms with van der Waals surface area (Å²) in [7, 11) is 0. The molecule has 20 heavy (non-hydrogen) atoms. The number of aliphatic imine (C=N–C) groups is 1. The van der Waals surface area contributed by atoms with Gasteiger partial charge in [-0.3, -0.25) is 0 Å². The maximum Gasteiger partial charge on any atom is 0.189 e. The number of hydrogen-bond acceptors (Lipinski definition) is 3. The lowest BCUT2D eigenvalue weighted by molar-refractivity contribution is 0.114. The molecule has 0 amide bonds. The van der Waals surface area contributed by atoms with Crippen molar-refractivity contribution in [1.29, 1.82) is 0 Å². The number of hydrogen-bond donors (Lipinski definition) is 2.